The van der Waals surface area contributed by atoms with Gasteiger partial charge in [-0.25, -0.2) is 0 Å². The summed E-state index contributed by atoms with van der Waals surface area (Å²) in [7, 11) is 1.71. The third-order valence-electron chi connectivity index (χ3n) is 8.48. The summed E-state index contributed by atoms with van der Waals surface area (Å²) in [5.41, 5.74) is -1.27. The fourth-order valence-corrected chi connectivity index (χ4v) is 6.87. The first-order valence-corrected chi connectivity index (χ1v) is 13.7. The van der Waals surface area contributed by atoms with Crippen molar-refractivity contribution in [3.05, 3.63) is 54.6 Å². The highest BCUT2D eigenvalue weighted by molar-refractivity contribution is 6.30. The van der Waals surface area contributed by atoms with Crippen LogP contribution in [-0.2, 0) is 19.1 Å². The second-order valence-corrected chi connectivity index (χ2v) is 11.0. The van der Waals surface area contributed by atoms with E-state index in [1.165, 1.54) is 0 Å². The van der Waals surface area contributed by atoms with Crippen LogP contribution >= 0.6 is 11.6 Å². The van der Waals surface area contributed by atoms with E-state index in [0.717, 1.165) is 0 Å². The number of carbonyl (C=O) groups excluding carboxylic acids is 3. The molecule has 9 heteroatoms. The van der Waals surface area contributed by atoms with Gasteiger partial charge in [0.2, 0.25) is 11.8 Å². The molecule has 5 atom stereocenters. The monoisotopic (exact) mass is 543 g/mol. The predicted molar refractivity (Wildman–Crippen MR) is 147 cm³/mol. The van der Waals surface area contributed by atoms with Crippen molar-refractivity contribution < 1.29 is 24.2 Å². The highest BCUT2D eigenvalue weighted by Crippen LogP contribution is 2.64. The van der Waals surface area contributed by atoms with Crippen LogP contribution in [0.1, 0.15) is 39.0 Å². The Morgan fingerprint density at radius 3 is 2.45 bits per heavy atom. The zero-order chi connectivity index (χ0) is 27.7. The van der Waals surface area contributed by atoms with Gasteiger partial charge >= 0.3 is 0 Å². The summed E-state index contributed by atoms with van der Waals surface area (Å²) in [6, 6.07) is 6.07. The lowest BCUT2D eigenvalue weighted by atomic mass is 9.64. The number of nitrogens with zero attached hydrogens (tertiary/aromatic N) is 3. The van der Waals surface area contributed by atoms with Crippen molar-refractivity contribution >= 4 is 35.0 Å². The molecule has 3 amide bonds. The number of likely N-dealkylation sites (tertiary alicyclic amines) is 1. The molecule has 1 N–H and O–H groups in total. The quantitative estimate of drug-likeness (QED) is 0.322. The van der Waals surface area contributed by atoms with Crippen LogP contribution in [0.5, 0.6) is 0 Å². The van der Waals surface area contributed by atoms with Crippen molar-refractivity contribution in [3.63, 3.8) is 0 Å². The molecule has 0 aliphatic carbocycles. The minimum Gasteiger partial charge on any atom is -0.396 e. The Bertz CT molecular complexity index is 1090. The second kappa shape index (κ2) is 11.2. The lowest BCUT2D eigenvalue weighted by Crippen LogP contribution is -2.56. The zero-order valence-electron chi connectivity index (χ0n) is 22.3. The Morgan fingerprint density at radius 2 is 1.84 bits per heavy atom. The van der Waals surface area contributed by atoms with E-state index < -0.39 is 29.1 Å². The van der Waals surface area contributed by atoms with Gasteiger partial charge in [-0.3, -0.25) is 14.4 Å². The Hall–Kier alpha value is -2.68. The van der Waals surface area contributed by atoms with Crippen LogP contribution in [0.25, 0.3) is 0 Å². The number of rotatable bonds is 12. The number of aliphatic hydroxyl groups is 1. The first kappa shape index (κ1) is 28.3. The van der Waals surface area contributed by atoms with Gasteiger partial charge in [0.05, 0.1) is 17.4 Å². The van der Waals surface area contributed by atoms with Crippen molar-refractivity contribution in [2.45, 2.75) is 56.3 Å². The average molecular weight is 544 g/mol. The van der Waals surface area contributed by atoms with E-state index in [9.17, 15) is 19.5 Å². The molecule has 3 heterocycles. The summed E-state index contributed by atoms with van der Waals surface area (Å²) in [6.45, 7) is 10.4. The fraction of sp³-hybridized carbons (Fsp3) is 0.552. The molecule has 0 aromatic heterocycles. The van der Waals surface area contributed by atoms with E-state index in [0.29, 0.717) is 55.9 Å². The number of ether oxygens (including phenoxy) is 1. The largest absolute Gasteiger partial charge is 0.396 e. The first-order valence-electron chi connectivity index (χ1n) is 13.4. The topological polar surface area (TPSA) is 90.4 Å². The van der Waals surface area contributed by atoms with Crippen LogP contribution in [0, 0.1) is 11.8 Å². The molecule has 2 bridgehead atoms. The molecule has 4 rings (SSSR count). The highest BCUT2D eigenvalue weighted by atomic mass is 35.5. The van der Waals surface area contributed by atoms with Gasteiger partial charge in [-0.15, -0.1) is 13.2 Å². The molecule has 1 aromatic carbocycles. The first-order chi connectivity index (χ1) is 18.2. The molecule has 3 aliphatic heterocycles. The van der Waals surface area contributed by atoms with E-state index >= 15 is 0 Å². The molecule has 1 spiro atoms. The van der Waals surface area contributed by atoms with E-state index in [1.807, 2.05) is 6.92 Å². The number of hydrogen-bond acceptors (Lipinski definition) is 5. The van der Waals surface area contributed by atoms with Crippen molar-refractivity contribution in [2.24, 2.45) is 11.8 Å². The van der Waals surface area contributed by atoms with Crippen molar-refractivity contribution in [2.75, 3.05) is 38.2 Å². The van der Waals surface area contributed by atoms with Crippen molar-refractivity contribution in [3.8, 4) is 0 Å². The number of anilines is 1. The van der Waals surface area contributed by atoms with Gasteiger partial charge in [0.1, 0.15) is 11.6 Å². The summed E-state index contributed by atoms with van der Waals surface area (Å²) in [6.07, 6.45) is 6.01. The van der Waals surface area contributed by atoms with Gasteiger partial charge in [-0.1, -0.05) is 30.7 Å². The Morgan fingerprint density at radius 1 is 1.16 bits per heavy atom. The molecule has 3 fully saturated rings. The number of fused-ring (bicyclic) bond motifs is 1. The number of benzene rings is 1. The van der Waals surface area contributed by atoms with Gasteiger partial charge in [-0.2, -0.15) is 0 Å². The van der Waals surface area contributed by atoms with E-state index in [2.05, 4.69) is 13.2 Å². The van der Waals surface area contributed by atoms with Crippen LogP contribution in [0.4, 0.5) is 5.69 Å². The lowest BCUT2D eigenvalue weighted by molar-refractivity contribution is -0.150. The zero-order valence-corrected chi connectivity index (χ0v) is 23.0. The third-order valence-corrected chi connectivity index (χ3v) is 8.74. The molecule has 1 aromatic rings. The average Bonchev–Trinajstić information content (AvgIpc) is 3.51. The van der Waals surface area contributed by atoms with Gasteiger partial charge in [0, 0.05) is 44.0 Å². The Balaban J connectivity index is 1.80. The van der Waals surface area contributed by atoms with Crippen LogP contribution in [0.2, 0.25) is 5.02 Å². The molecule has 0 radical (unpaired) electrons. The number of carbonyl (C=O) groups is 3. The highest BCUT2D eigenvalue weighted by Gasteiger charge is 2.78. The standard InChI is InChI=1S/C29H38ClN3O5/c1-5-16-31(4)25(35)22-23-26(36)33(18-8-9-19-34)24(29(23)15-14-28(22,7-3)38-29)27(37)32(17-6-2)21-12-10-20(30)11-13-21/h5-6,10-13,22-24,34H,1-2,7-9,14-19H2,3-4H3/t22-,23-,24?,28+,29?/m0/s1. The fourth-order valence-electron chi connectivity index (χ4n) is 6.75. The predicted octanol–water partition coefficient (Wildman–Crippen LogP) is 3.43. The number of unbranched alkanes of at least 4 members (excludes halogenated alkanes) is 1. The number of likely N-dealkylation sites (N-methyl/N-ethyl adjacent to an activating group) is 1. The molecule has 206 valence electrons. The summed E-state index contributed by atoms with van der Waals surface area (Å²) >= 11 is 6.10. The summed E-state index contributed by atoms with van der Waals surface area (Å²) < 4.78 is 6.83. The molecular weight excluding hydrogens is 506 g/mol. The molecular formula is C29H38ClN3O5. The van der Waals surface area contributed by atoms with Crippen molar-refractivity contribution in [1.82, 2.24) is 9.80 Å². The smallest absolute Gasteiger partial charge is 0.253 e. The molecule has 3 saturated heterocycles. The van der Waals surface area contributed by atoms with Crippen molar-refractivity contribution in [1.29, 1.82) is 0 Å². The van der Waals surface area contributed by atoms with E-state index in [4.69, 9.17) is 16.3 Å². The number of halogens is 1. The Kier molecular flexibility index (Phi) is 8.35. The van der Waals surface area contributed by atoms with Crippen LogP contribution in [0.3, 0.4) is 0 Å². The minimum atomic E-state index is -1.11. The van der Waals surface area contributed by atoms with E-state index in [1.54, 1.807) is 58.2 Å². The van der Waals surface area contributed by atoms with E-state index in [-0.39, 0.29) is 30.9 Å². The summed E-state index contributed by atoms with van der Waals surface area (Å²) in [4.78, 5) is 47.2. The molecule has 2 unspecified atom stereocenters. The molecule has 8 nitrogen and oxygen atoms in total. The maximum absolute atomic E-state index is 14.5. The third kappa shape index (κ3) is 4.46. The normalized spacial score (nSPS) is 29.3. The van der Waals surface area contributed by atoms with Crippen LogP contribution < -0.4 is 4.90 Å². The van der Waals surface area contributed by atoms with Gasteiger partial charge < -0.3 is 24.5 Å². The number of aliphatic hydroxyl groups excluding tert-OH is 1. The Labute approximate surface area is 229 Å². The van der Waals surface area contributed by atoms with Gasteiger partial charge in [0.15, 0.2) is 0 Å². The number of amides is 3. The summed E-state index contributed by atoms with van der Waals surface area (Å²) in [5.74, 6) is -2.09. The lowest BCUT2D eigenvalue weighted by Gasteiger charge is -2.37. The molecule has 0 saturated carbocycles. The maximum atomic E-state index is 14.5. The summed E-state index contributed by atoms with van der Waals surface area (Å²) in [5, 5.41) is 9.93. The van der Waals surface area contributed by atoms with Gasteiger partial charge in [0.25, 0.3) is 5.91 Å². The maximum Gasteiger partial charge on any atom is 0.253 e. The van der Waals surface area contributed by atoms with Crippen LogP contribution in [-0.4, -0.2) is 83.2 Å². The van der Waals surface area contributed by atoms with Crippen LogP contribution in [0.15, 0.2) is 49.6 Å². The SMILES string of the molecule is C=CCN(C)C(=O)[C@@H]1[C@H]2C(=O)N(CCCCO)C(C(=O)N(CC=C)c3ccc(Cl)cc3)C23CC[C@@]1(CC)O3. The number of hydrogen-bond donors (Lipinski definition) is 1. The molecule has 3 aliphatic rings. The molecule has 38 heavy (non-hydrogen) atoms. The second-order valence-electron chi connectivity index (χ2n) is 10.5. The van der Waals surface area contributed by atoms with Gasteiger partial charge in [-0.05, 0) is 56.4 Å². The minimum absolute atomic E-state index is 0.00845.